The van der Waals surface area contributed by atoms with Crippen LogP contribution in [0.3, 0.4) is 0 Å². The number of thioether (sulfide) groups is 1. The molecule has 29 heavy (non-hydrogen) atoms. The molecule has 10 heteroatoms. The molecule has 0 aliphatic rings. The number of nitrogens with one attached hydrogen (secondary N) is 1. The molecule has 0 aliphatic heterocycles. The summed E-state index contributed by atoms with van der Waals surface area (Å²) in [5.41, 5.74) is -0.735. The number of rotatable bonds is 7. The minimum Gasteiger partial charge on any atom is -0.497 e. The molecule has 0 unspecified atom stereocenters. The van der Waals surface area contributed by atoms with Crippen LogP contribution in [0, 0.1) is 0 Å². The van der Waals surface area contributed by atoms with Gasteiger partial charge in [-0.2, -0.15) is 13.2 Å². The summed E-state index contributed by atoms with van der Waals surface area (Å²) in [5.74, 6) is 0.783. The van der Waals surface area contributed by atoms with Gasteiger partial charge >= 0.3 is 6.18 Å². The van der Waals surface area contributed by atoms with Gasteiger partial charge in [0.1, 0.15) is 11.4 Å². The van der Waals surface area contributed by atoms with Crippen LogP contribution in [-0.4, -0.2) is 32.8 Å². The first-order valence-electron chi connectivity index (χ1n) is 8.44. The number of ether oxygens (including phenoxy) is 1. The van der Waals surface area contributed by atoms with Crippen LogP contribution in [0.2, 0.25) is 0 Å². The van der Waals surface area contributed by atoms with Crippen LogP contribution in [0.1, 0.15) is 5.69 Å². The molecule has 5 nitrogen and oxygen atoms in total. The molecule has 0 amide bonds. The highest BCUT2D eigenvalue weighted by atomic mass is 32.2. The lowest BCUT2D eigenvalue weighted by atomic mass is 10.2. The number of methoxy groups -OCH3 is 1. The van der Waals surface area contributed by atoms with E-state index in [1.165, 1.54) is 37.4 Å². The van der Waals surface area contributed by atoms with Gasteiger partial charge in [-0.1, -0.05) is 18.2 Å². The highest BCUT2D eigenvalue weighted by Gasteiger charge is 2.33. The highest BCUT2D eigenvalue weighted by Crippen LogP contribution is 2.34. The maximum Gasteiger partial charge on any atom is 0.433 e. The SMILES string of the molecule is COc1ccc(S(=O)(=O)NCCSc2cc(C(F)(F)F)nc3ccccc23)cc1. The number of para-hydroxylation sites is 1. The lowest BCUT2D eigenvalue weighted by Crippen LogP contribution is -2.26. The van der Waals surface area contributed by atoms with Crippen molar-refractivity contribution >= 4 is 32.7 Å². The number of halogens is 3. The van der Waals surface area contributed by atoms with Gasteiger partial charge in [-0.3, -0.25) is 0 Å². The van der Waals surface area contributed by atoms with Crippen LogP contribution in [0.4, 0.5) is 13.2 Å². The summed E-state index contributed by atoms with van der Waals surface area (Å²) in [6, 6.07) is 13.4. The van der Waals surface area contributed by atoms with Crippen LogP contribution in [0.5, 0.6) is 5.75 Å². The number of hydrogen-bond donors (Lipinski definition) is 1. The number of hydrogen-bond acceptors (Lipinski definition) is 5. The molecule has 2 aromatic carbocycles. The van der Waals surface area contributed by atoms with Crippen molar-refractivity contribution < 1.29 is 26.3 Å². The van der Waals surface area contributed by atoms with Gasteiger partial charge in [-0.05, 0) is 36.4 Å². The van der Waals surface area contributed by atoms with Gasteiger partial charge in [0, 0.05) is 22.6 Å². The minimum absolute atomic E-state index is 0.0526. The molecule has 0 fully saturated rings. The standard InChI is InChI=1S/C19H17F3N2O3S2/c1-27-13-6-8-14(9-7-13)29(25,26)23-10-11-28-17-12-18(19(20,21)22)24-16-5-3-2-4-15(16)17/h2-9,12,23H,10-11H2,1H3. The Balaban J connectivity index is 1.70. The normalized spacial score (nSPS) is 12.3. The highest BCUT2D eigenvalue weighted by molar-refractivity contribution is 7.99. The molecular weight excluding hydrogens is 425 g/mol. The first-order chi connectivity index (χ1) is 13.7. The Morgan fingerprint density at radius 3 is 2.45 bits per heavy atom. The third-order valence-corrected chi connectivity index (χ3v) is 6.52. The van der Waals surface area contributed by atoms with E-state index in [0.717, 1.165) is 17.8 Å². The first-order valence-corrected chi connectivity index (χ1v) is 10.9. The third kappa shape index (κ3) is 5.20. The van der Waals surface area contributed by atoms with Crippen molar-refractivity contribution in [3.05, 3.63) is 60.3 Å². The van der Waals surface area contributed by atoms with Crippen molar-refractivity contribution in [1.82, 2.24) is 9.71 Å². The summed E-state index contributed by atoms with van der Waals surface area (Å²) in [6.45, 7) is 0.0526. The summed E-state index contributed by atoms with van der Waals surface area (Å²) in [4.78, 5) is 4.14. The molecule has 0 saturated heterocycles. The van der Waals surface area contributed by atoms with Gasteiger partial charge in [-0.15, -0.1) is 11.8 Å². The van der Waals surface area contributed by atoms with Gasteiger partial charge in [0.25, 0.3) is 0 Å². The second-order valence-corrected chi connectivity index (χ2v) is 8.85. The van der Waals surface area contributed by atoms with Gasteiger partial charge in [0.15, 0.2) is 0 Å². The largest absolute Gasteiger partial charge is 0.497 e. The van der Waals surface area contributed by atoms with Crippen molar-refractivity contribution in [2.45, 2.75) is 16.0 Å². The van der Waals surface area contributed by atoms with Gasteiger partial charge in [-0.25, -0.2) is 18.1 Å². The molecular formula is C19H17F3N2O3S2. The maximum absolute atomic E-state index is 13.1. The predicted octanol–water partition coefficient (Wildman–Crippen LogP) is 4.33. The monoisotopic (exact) mass is 442 g/mol. The fourth-order valence-corrected chi connectivity index (χ4v) is 4.69. The fraction of sp³-hybridized carbons (Fsp3) is 0.211. The van der Waals surface area contributed by atoms with E-state index in [1.54, 1.807) is 18.2 Å². The van der Waals surface area contributed by atoms with E-state index in [2.05, 4.69) is 9.71 Å². The van der Waals surface area contributed by atoms with E-state index in [0.29, 0.717) is 16.0 Å². The Morgan fingerprint density at radius 2 is 1.79 bits per heavy atom. The van der Waals surface area contributed by atoms with Crippen LogP contribution >= 0.6 is 11.8 Å². The molecule has 3 aromatic rings. The smallest absolute Gasteiger partial charge is 0.433 e. The topological polar surface area (TPSA) is 68.3 Å². The zero-order valence-corrected chi connectivity index (χ0v) is 16.9. The van der Waals surface area contributed by atoms with Crippen molar-refractivity contribution in [3.8, 4) is 5.75 Å². The first kappa shape index (κ1) is 21.4. The molecule has 0 bridgehead atoms. The van der Waals surface area contributed by atoms with Gasteiger partial charge < -0.3 is 4.74 Å². The van der Waals surface area contributed by atoms with Crippen LogP contribution in [0.25, 0.3) is 10.9 Å². The number of sulfonamides is 1. The Labute approximate surface area is 170 Å². The zero-order chi connectivity index (χ0) is 21.1. The maximum atomic E-state index is 13.1. The molecule has 0 atom stereocenters. The van der Waals surface area contributed by atoms with Crippen molar-refractivity contribution in [2.75, 3.05) is 19.4 Å². The van der Waals surface area contributed by atoms with Gasteiger partial charge in [0.2, 0.25) is 10.0 Å². The Morgan fingerprint density at radius 1 is 1.10 bits per heavy atom. The molecule has 1 heterocycles. The molecule has 0 saturated carbocycles. The van der Waals surface area contributed by atoms with Crippen molar-refractivity contribution in [2.24, 2.45) is 0 Å². The lowest BCUT2D eigenvalue weighted by Gasteiger charge is -2.12. The van der Waals surface area contributed by atoms with Crippen LogP contribution < -0.4 is 9.46 Å². The summed E-state index contributed by atoms with van der Waals surface area (Å²) in [7, 11) is -2.25. The average molecular weight is 442 g/mol. The zero-order valence-electron chi connectivity index (χ0n) is 15.2. The van der Waals surface area contributed by atoms with Crippen LogP contribution in [0.15, 0.2) is 64.4 Å². The lowest BCUT2D eigenvalue weighted by molar-refractivity contribution is -0.141. The average Bonchev–Trinajstić information content (AvgIpc) is 2.70. The van der Waals surface area contributed by atoms with Gasteiger partial charge in [0.05, 0.1) is 17.5 Å². The Bertz CT molecular complexity index is 1100. The summed E-state index contributed by atoms with van der Waals surface area (Å²) < 4.78 is 71.4. The van der Waals surface area contributed by atoms with Crippen molar-refractivity contribution in [3.63, 3.8) is 0 Å². The number of fused-ring (bicyclic) bond motifs is 1. The number of aromatic nitrogens is 1. The molecule has 0 radical (unpaired) electrons. The van der Waals surface area contributed by atoms with Crippen LogP contribution in [-0.2, 0) is 16.2 Å². The van der Waals surface area contributed by atoms with Crippen molar-refractivity contribution in [1.29, 1.82) is 0 Å². The predicted molar refractivity (Wildman–Crippen MR) is 106 cm³/mol. The number of alkyl halides is 3. The molecule has 0 spiro atoms. The summed E-state index contributed by atoms with van der Waals surface area (Å²) in [5, 5.41) is 0.587. The summed E-state index contributed by atoms with van der Waals surface area (Å²) >= 11 is 1.14. The number of pyridine rings is 1. The third-order valence-electron chi connectivity index (χ3n) is 3.99. The number of benzene rings is 2. The Kier molecular flexibility index (Phi) is 6.35. The van der Waals surface area contributed by atoms with E-state index in [9.17, 15) is 21.6 Å². The Hall–Kier alpha value is -2.30. The summed E-state index contributed by atoms with van der Waals surface area (Å²) in [6.07, 6.45) is -4.56. The van der Waals surface area contributed by atoms with E-state index >= 15 is 0 Å². The molecule has 0 aliphatic carbocycles. The van der Waals surface area contributed by atoms with E-state index in [-0.39, 0.29) is 22.7 Å². The molecule has 3 rings (SSSR count). The molecule has 1 aromatic heterocycles. The molecule has 154 valence electrons. The molecule has 1 N–H and O–H groups in total. The minimum atomic E-state index is -4.56. The second kappa shape index (κ2) is 8.60. The van der Waals surface area contributed by atoms with E-state index in [4.69, 9.17) is 4.74 Å². The quantitative estimate of drug-likeness (QED) is 0.436. The van der Waals surface area contributed by atoms with E-state index < -0.39 is 21.9 Å². The van der Waals surface area contributed by atoms with E-state index in [1.807, 2.05) is 0 Å². The number of nitrogens with zero attached hydrogens (tertiary/aromatic N) is 1. The second-order valence-electron chi connectivity index (χ2n) is 5.94. The fourth-order valence-electron chi connectivity index (χ4n) is 2.58.